The summed E-state index contributed by atoms with van der Waals surface area (Å²) in [6.45, 7) is 0. The van der Waals surface area contributed by atoms with E-state index in [4.69, 9.17) is 10.8 Å². The zero-order chi connectivity index (χ0) is 10.6. The minimum Gasteiger partial charge on any atom is -0.481 e. The number of anilines is 1. The van der Waals surface area contributed by atoms with Crippen molar-refractivity contribution in [1.29, 1.82) is 0 Å². The molecule has 0 radical (unpaired) electrons. The number of carbonyl (C=O) groups is 1. The van der Waals surface area contributed by atoms with Gasteiger partial charge in [0.15, 0.2) is 5.82 Å². The van der Waals surface area contributed by atoms with Crippen LogP contribution in [0.2, 0.25) is 0 Å². The highest BCUT2D eigenvalue weighted by molar-refractivity contribution is 5.70. The van der Waals surface area contributed by atoms with E-state index in [1.54, 1.807) is 6.07 Å². The smallest absolute Gasteiger partial charge is 0.315 e. The molecule has 0 bridgehead atoms. The molecular weight excluding hydrogens is 185 g/mol. The summed E-state index contributed by atoms with van der Waals surface area (Å²) in [7, 11) is 0. The second-order valence-corrected chi connectivity index (χ2v) is 2.58. The predicted octanol–water partition coefficient (Wildman–Crippen LogP) is 1.23. The van der Waals surface area contributed by atoms with Crippen LogP contribution in [0.4, 0.5) is 10.1 Å². The Labute approximate surface area is 80.4 Å². The van der Waals surface area contributed by atoms with Crippen molar-refractivity contribution in [2.24, 2.45) is 0 Å². The summed E-state index contributed by atoms with van der Waals surface area (Å²) in [5.74, 6) is 3.08. The molecule has 4 heteroatoms. The molecule has 3 nitrogen and oxygen atoms in total. The fourth-order valence-electron chi connectivity index (χ4n) is 0.861. The van der Waals surface area contributed by atoms with E-state index in [2.05, 4.69) is 11.8 Å². The second kappa shape index (κ2) is 4.28. The summed E-state index contributed by atoms with van der Waals surface area (Å²) in [5.41, 5.74) is 5.42. The number of halogens is 1. The number of nitrogen functional groups attached to an aromatic ring is 1. The van der Waals surface area contributed by atoms with E-state index in [1.807, 2.05) is 0 Å². The molecule has 0 amide bonds. The Bertz CT molecular complexity index is 418. The summed E-state index contributed by atoms with van der Waals surface area (Å²) in [5, 5.41) is 8.29. The molecule has 0 aromatic heterocycles. The van der Waals surface area contributed by atoms with Gasteiger partial charge in [-0.2, -0.15) is 0 Å². The molecule has 0 unspecified atom stereocenters. The van der Waals surface area contributed by atoms with E-state index >= 15 is 0 Å². The van der Waals surface area contributed by atoms with Gasteiger partial charge >= 0.3 is 5.97 Å². The van der Waals surface area contributed by atoms with Gasteiger partial charge in [-0.25, -0.2) is 4.39 Å². The number of benzene rings is 1. The van der Waals surface area contributed by atoms with Crippen LogP contribution < -0.4 is 5.73 Å². The van der Waals surface area contributed by atoms with Crippen molar-refractivity contribution in [1.82, 2.24) is 0 Å². The summed E-state index contributed by atoms with van der Waals surface area (Å²) in [6.07, 6.45) is -0.311. The number of carboxylic acid groups (broad SMARTS) is 1. The van der Waals surface area contributed by atoms with E-state index in [-0.39, 0.29) is 17.7 Å². The lowest BCUT2D eigenvalue weighted by Gasteiger charge is -1.96. The standard InChI is InChI=1S/C10H8FNO2/c11-10-7(3-1-5-8(10)12)4-2-6-9(13)14/h1,3,5H,6,12H2,(H,13,14). The molecule has 0 aliphatic heterocycles. The van der Waals surface area contributed by atoms with Gasteiger partial charge in [0.25, 0.3) is 0 Å². The third-order valence-corrected chi connectivity index (χ3v) is 1.49. The zero-order valence-corrected chi connectivity index (χ0v) is 7.25. The predicted molar refractivity (Wildman–Crippen MR) is 49.9 cm³/mol. The van der Waals surface area contributed by atoms with Gasteiger partial charge in [0.05, 0.1) is 11.3 Å². The van der Waals surface area contributed by atoms with Crippen LogP contribution in [0.25, 0.3) is 0 Å². The number of nitrogens with two attached hydrogens (primary N) is 1. The molecule has 0 aliphatic carbocycles. The van der Waals surface area contributed by atoms with E-state index in [9.17, 15) is 9.18 Å². The molecular formula is C10H8FNO2. The maximum Gasteiger partial charge on any atom is 0.315 e. The Morgan fingerprint density at radius 3 is 2.93 bits per heavy atom. The van der Waals surface area contributed by atoms with Crippen LogP contribution in [0, 0.1) is 17.7 Å². The molecule has 3 N–H and O–H groups in total. The third-order valence-electron chi connectivity index (χ3n) is 1.49. The fraction of sp³-hybridized carbons (Fsp3) is 0.100. The van der Waals surface area contributed by atoms with Crippen LogP contribution in [0.1, 0.15) is 12.0 Å². The Balaban J connectivity index is 2.90. The van der Waals surface area contributed by atoms with Gasteiger partial charge in [-0.3, -0.25) is 4.79 Å². The van der Waals surface area contributed by atoms with Gasteiger partial charge in [0.2, 0.25) is 0 Å². The van der Waals surface area contributed by atoms with Gasteiger partial charge in [-0.05, 0) is 12.1 Å². The summed E-state index contributed by atoms with van der Waals surface area (Å²) in [4.78, 5) is 10.1. The Kier molecular flexibility index (Phi) is 3.08. The largest absolute Gasteiger partial charge is 0.481 e. The molecule has 0 atom stereocenters. The lowest BCUT2D eigenvalue weighted by Crippen LogP contribution is -1.94. The summed E-state index contributed by atoms with van der Waals surface area (Å²) < 4.78 is 13.2. The molecule has 1 aromatic carbocycles. The third kappa shape index (κ3) is 2.49. The highest BCUT2D eigenvalue weighted by atomic mass is 19.1. The Morgan fingerprint density at radius 2 is 2.29 bits per heavy atom. The molecule has 72 valence electrons. The molecule has 14 heavy (non-hydrogen) atoms. The molecule has 0 heterocycles. The van der Waals surface area contributed by atoms with Crippen molar-refractivity contribution in [2.75, 3.05) is 5.73 Å². The van der Waals surface area contributed by atoms with Crippen LogP contribution in [-0.4, -0.2) is 11.1 Å². The molecule has 0 fully saturated rings. The molecule has 1 aromatic rings. The molecule has 0 saturated carbocycles. The van der Waals surface area contributed by atoms with Gasteiger partial charge < -0.3 is 10.8 Å². The maximum atomic E-state index is 13.2. The number of aliphatic carboxylic acids is 1. The summed E-state index contributed by atoms with van der Waals surface area (Å²) in [6, 6.07) is 4.42. The molecule has 0 aliphatic rings. The SMILES string of the molecule is Nc1cccc(C#CCC(=O)O)c1F. The fourth-order valence-corrected chi connectivity index (χ4v) is 0.861. The van der Waals surface area contributed by atoms with Gasteiger partial charge in [-0.1, -0.05) is 17.9 Å². The van der Waals surface area contributed by atoms with Gasteiger partial charge in [0, 0.05) is 0 Å². The van der Waals surface area contributed by atoms with Gasteiger partial charge in [0.1, 0.15) is 6.42 Å². The number of hydrogen-bond acceptors (Lipinski definition) is 2. The topological polar surface area (TPSA) is 63.3 Å². The highest BCUT2D eigenvalue weighted by Crippen LogP contribution is 2.12. The van der Waals surface area contributed by atoms with E-state index in [1.165, 1.54) is 12.1 Å². The Morgan fingerprint density at radius 1 is 1.57 bits per heavy atom. The van der Waals surface area contributed by atoms with Crippen LogP contribution in [0.3, 0.4) is 0 Å². The molecule has 1 rings (SSSR count). The average Bonchev–Trinajstić information content (AvgIpc) is 2.12. The first-order valence-electron chi connectivity index (χ1n) is 3.86. The number of carboxylic acids is 1. The van der Waals surface area contributed by atoms with Crippen molar-refractivity contribution in [3.8, 4) is 11.8 Å². The maximum absolute atomic E-state index is 13.2. The van der Waals surface area contributed by atoms with E-state index < -0.39 is 11.8 Å². The van der Waals surface area contributed by atoms with Crippen molar-refractivity contribution in [2.45, 2.75) is 6.42 Å². The first kappa shape index (κ1) is 10.1. The van der Waals surface area contributed by atoms with Crippen LogP contribution >= 0.6 is 0 Å². The molecule has 0 saturated heterocycles. The lowest BCUT2D eigenvalue weighted by molar-refractivity contribution is -0.135. The van der Waals surface area contributed by atoms with Crippen molar-refractivity contribution in [3.63, 3.8) is 0 Å². The Hall–Kier alpha value is -2.02. The minimum absolute atomic E-state index is 0.00660. The number of rotatable bonds is 1. The first-order chi connectivity index (χ1) is 6.61. The van der Waals surface area contributed by atoms with Crippen LogP contribution in [-0.2, 0) is 4.79 Å². The van der Waals surface area contributed by atoms with Gasteiger partial charge in [-0.15, -0.1) is 0 Å². The average molecular weight is 193 g/mol. The first-order valence-corrected chi connectivity index (χ1v) is 3.86. The van der Waals surface area contributed by atoms with Crippen LogP contribution in [0.15, 0.2) is 18.2 Å². The zero-order valence-electron chi connectivity index (χ0n) is 7.25. The lowest BCUT2D eigenvalue weighted by atomic mass is 10.2. The van der Waals surface area contributed by atoms with E-state index in [0.29, 0.717) is 0 Å². The minimum atomic E-state index is -1.04. The van der Waals surface area contributed by atoms with Crippen molar-refractivity contribution >= 4 is 11.7 Å². The van der Waals surface area contributed by atoms with Crippen molar-refractivity contribution in [3.05, 3.63) is 29.6 Å². The quantitative estimate of drug-likeness (QED) is 0.521. The monoisotopic (exact) mass is 193 g/mol. The second-order valence-electron chi connectivity index (χ2n) is 2.58. The van der Waals surface area contributed by atoms with Crippen LogP contribution in [0.5, 0.6) is 0 Å². The number of hydrogen-bond donors (Lipinski definition) is 2. The van der Waals surface area contributed by atoms with Crippen molar-refractivity contribution < 1.29 is 14.3 Å². The molecule has 0 spiro atoms. The van der Waals surface area contributed by atoms with E-state index in [0.717, 1.165) is 0 Å². The normalized spacial score (nSPS) is 8.93. The summed E-state index contributed by atoms with van der Waals surface area (Å²) >= 11 is 0. The highest BCUT2D eigenvalue weighted by Gasteiger charge is 2.01.